The van der Waals surface area contributed by atoms with Crippen LogP contribution >= 0.6 is 11.6 Å². The van der Waals surface area contributed by atoms with Crippen LogP contribution in [0.25, 0.3) is 0 Å². The van der Waals surface area contributed by atoms with E-state index in [0.29, 0.717) is 10.8 Å². The molecule has 2 aromatic carbocycles. The summed E-state index contributed by atoms with van der Waals surface area (Å²) in [4.78, 5) is 13.5. The van der Waals surface area contributed by atoms with Crippen molar-refractivity contribution >= 4 is 23.2 Å². The fourth-order valence-corrected chi connectivity index (χ4v) is 3.48. The van der Waals surface area contributed by atoms with Gasteiger partial charge in [0.25, 0.3) is 5.91 Å². The third kappa shape index (κ3) is 5.55. The van der Waals surface area contributed by atoms with E-state index in [2.05, 4.69) is 22.7 Å². The second-order valence-corrected chi connectivity index (χ2v) is 7.03. The molecule has 1 amide bonds. The number of ether oxygens (including phenoxy) is 2. The van der Waals surface area contributed by atoms with Crippen molar-refractivity contribution < 1.29 is 19.2 Å². The SMILES string of the molecule is C/C(=N/NC(=O)COc1ccccc1Cl)[C@H](c1ccccc1)[NH+]1CCOCC1. The number of benzene rings is 2. The molecule has 1 atom stereocenters. The van der Waals surface area contributed by atoms with Crippen molar-refractivity contribution in [1.82, 2.24) is 5.43 Å². The summed E-state index contributed by atoms with van der Waals surface area (Å²) in [5.74, 6) is 0.142. The molecule has 1 saturated heterocycles. The second kappa shape index (κ2) is 10.2. The number of hydrazone groups is 1. The molecule has 1 aliphatic rings. The van der Waals surface area contributed by atoms with Gasteiger partial charge in [-0.3, -0.25) is 4.79 Å². The molecular weight excluding hydrogens is 378 g/mol. The molecule has 1 aliphatic heterocycles. The van der Waals surface area contributed by atoms with Crippen LogP contribution in [0.2, 0.25) is 5.02 Å². The van der Waals surface area contributed by atoms with Crippen molar-refractivity contribution in [2.24, 2.45) is 5.10 Å². The van der Waals surface area contributed by atoms with Crippen molar-refractivity contribution in [2.45, 2.75) is 13.0 Å². The molecule has 2 aromatic rings. The van der Waals surface area contributed by atoms with E-state index in [9.17, 15) is 4.79 Å². The average Bonchev–Trinajstić information content (AvgIpc) is 2.73. The van der Waals surface area contributed by atoms with Crippen LogP contribution in [0.15, 0.2) is 59.7 Å². The molecule has 148 valence electrons. The predicted molar refractivity (Wildman–Crippen MR) is 109 cm³/mol. The quantitative estimate of drug-likeness (QED) is 0.549. The minimum absolute atomic E-state index is 0.0647. The Kier molecular flexibility index (Phi) is 7.42. The molecule has 0 saturated carbocycles. The van der Waals surface area contributed by atoms with Crippen molar-refractivity contribution in [3.8, 4) is 5.75 Å². The summed E-state index contributed by atoms with van der Waals surface area (Å²) in [6, 6.07) is 17.3. The van der Waals surface area contributed by atoms with Crippen molar-refractivity contribution in [2.75, 3.05) is 32.9 Å². The van der Waals surface area contributed by atoms with Gasteiger partial charge in [0, 0.05) is 5.56 Å². The summed E-state index contributed by atoms with van der Waals surface area (Å²) < 4.78 is 10.9. The van der Waals surface area contributed by atoms with Gasteiger partial charge in [-0.1, -0.05) is 54.1 Å². The van der Waals surface area contributed by atoms with Gasteiger partial charge >= 0.3 is 0 Å². The number of halogens is 1. The molecule has 1 heterocycles. The molecule has 2 N–H and O–H groups in total. The molecular formula is C21H25ClN3O3+. The van der Waals surface area contributed by atoms with Gasteiger partial charge in [-0.15, -0.1) is 0 Å². The number of carbonyl (C=O) groups excluding carboxylic acids is 1. The van der Waals surface area contributed by atoms with Crippen molar-refractivity contribution in [1.29, 1.82) is 0 Å². The maximum Gasteiger partial charge on any atom is 0.277 e. The van der Waals surface area contributed by atoms with Crippen molar-refractivity contribution in [3.63, 3.8) is 0 Å². The van der Waals surface area contributed by atoms with E-state index in [1.165, 1.54) is 10.5 Å². The van der Waals surface area contributed by atoms with E-state index in [4.69, 9.17) is 21.1 Å². The molecule has 0 radical (unpaired) electrons. The van der Waals surface area contributed by atoms with E-state index in [1.807, 2.05) is 25.1 Å². The lowest BCUT2D eigenvalue weighted by atomic mass is 10.0. The topological polar surface area (TPSA) is 64.4 Å². The van der Waals surface area contributed by atoms with Gasteiger partial charge in [-0.25, -0.2) is 5.43 Å². The van der Waals surface area contributed by atoms with Gasteiger partial charge in [-0.2, -0.15) is 5.10 Å². The van der Waals surface area contributed by atoms with E-state index in [0.717, 1.165) is 32.0 Å². The first-order valence-corrected chi connectivity index (χ1v) is 9.70. The Morgan fingerprint density at radius 1 is 1.18 bits per heavy atom. The summed E-state index contributed by atoms with van der Waals surface area (Å²) in [7, 11) is 0. The fourth-order valence-electron chi connectivity index (χ4n) is 3.29. The minimum atomic E-state index is -0.331. The Labute approximate surface area is 170 Å². The summed E-state index contributed by atoms with van der Waals surface area (Å²) in [5, 5.41) is 4.82. The maximum absolute atomic E-state index is 12.2. The molecule has 0 aliphatic carbocycles. The Balaban J connectivity index is 1.64. The number of hydrogen-bond donors (Lipinski definition) is 2. The number of quaternary nitrogens is 1. The van der Waals surface area contributed by atoms with Crippen LogP contribution in [0.1, 0.15) is 18.5 Å². The van der Waals surface area contributed by atoms with E-state index in [-0.39, 0.29) is 18.6 Å². The van der Waals surface area contributed by atoms with E-state index in [1.54, 1.807) is 24.3 Å². The highest BCUT2D eigenvalue weighted by Crippen LogP contribution is 2.22. The van der Waals surface area contributed by atoms with Gasteiger partial charge in [0.05, 0.1) is 23.9 Å². The molecule has 6 nitrogen and oxygen atoms in total. The lowest BCUT2D eigenvalue weighted by Crippen LogP contribution is -3.15. The van der Waals surface area contributed by atoms with Crippen LogP contribution < -0.4 is 15.1 Å². The van der Waals surface area contributed by atoms with Gasteiger partial charge in [0.2, 0.25) is 0 Å². The normalized spacial score (nSPS) is 16.4. The Morgan fingerprint density at radius 2 is 1.86 bits per heavy atom. The first-order valence-electron chi connectivity index (χ1n) is 9.33. The average molecular weight is 403 g/mol. The summed E-state index contributed by atoms with van der Waals surface area (Å²) in [5.41, 5.74) is 4.61. The van der Waals surface area contributed by atoms with E-state index < -0.39 is 0 Å². The van der Waals surface area contributed by atoms with Crippen LogP contribution in [0.5, 0.6) is 5.75 Å². The third-order valence-corrected chi connectivity index (χ3v) is 4.96. The zero-order chi connectivity index (χ0) is 19.8. The number of morpholine rings is 1. The Bertz CT molecular complexity index is 808. The van der Waals surface area contributed by atoms with Gasteiger partial charge in [-0.05, 0) is 19.1 Å². The molecule has 28 heavy (non-hydrogen) atoms. The van der Waals surface area contributed by atoms with E-state index >= 15 is 0 Å². The molecule has 0 spiro atoms. The van der Waals surface area contributed by atoms with Crippen LogP contribution in [-0.2, 0) is 9.53 Å². The maximum atomic E-state index is 12.2. The number of amides is 1. The Hall–Kier alpha value is -2.41. The Morgan fingerprint density at radius 3 is 2.57 bits per heavy atom. The lowest BCUT2D eigenvalue weighted by Gasteiger charge is -2.31. The predicted octanol–water partition coefficient (Wildman–Crippen LogP) is 1.87. The second-order valence-electron chi connectivity index (χ2n) is 6.62. The third-order valence-electron chi connectivity index (χ3n) is 4.65. The number of para-hydroxylation sites is 1. The fraction of sp³-hybridized carbons (Fsp3) is 0.333. The molecule has 3 rings (SSSR count). The highest BCUT2D eigenvalue weighted by atomic mass is 35.5. The zero-order valence-electron chi connectivity index (χ0n) is 15.9. The minimum Gasteiger partial charge on any atom is -0.482 e. The summed E-state index contributed by atoms with van der Waals surface area (Å²) >= 11 is 6.03. The molecule has 7 heteroatoms. The summed E-state index contributed by atoms with van der Waals surface area (Å²) in [6.45, 7) is 5.04. The van der Waals surface area contributed by atoms with Crippen LogP contribution in [0.4, 0.5) is 0 Å². The molecule has 0 aromatic heterocycles. The monoisotopic (exact) mass is 402 g/mol. The van der Waals surface area contributed by atoms with Gasteiger partial charge < -0.3 is 14.4 Å². The van der Waals surface area contributed by atoms with Gasteiger partial charge in [0.1, 0.15) is 18.8 Å². The first-order chi connectivity index (χ1) is 13.6. The summed E-state index contributed by atoms with van der Waals surface area (Å²) in [6.07, 6.45) is 0. The molecule has 0 bridgehead atoms. The largest absolute Gasteiger partial charge is 0.482 e. The number of rotatable bonds is 7. The highest BCUT2D eigenvalue weighted by molar-refractivity contribution is 6.32. The number of nitrogens with one attached hydrogen (secondary N) is 2. The highest BCUT2D eigenvalue weighted by Gasteiger charge is 2.29. The number of hydrogen-bond acceptors (Lipinski definition) is 4. The van der Waals surface area contributed by atoms with Crippen LogP contribution in [-0.4, -0.2) is 44.5 Å². The van der Waals surface area contributed by atoms with Gasteiger partial charge in [0.15, 0.2) is 12.6 Å². The van der Waals surface area contributed by atoms with Crippen LogP contribution in [0.3, 0.4) is 0 Å². The zero-order valence-corrected chi connectivity index (χ0v) is 16.6. The smallest absolute Gasteiger partial charge is 0.277 e. The number of carbonyl (C=O) groups is 1. The van der Waals surface area contributed by atoms with Crippen LogP contribution in [0, 0.1) is 0 Å². The van der Waals surface area contributed by atoms with Crippen molar-refractivity contribution in [3.05, 3.63) is 65.2 Å². The molecule has 0 unspecified atom stereocenters. The molecule has 1 fully saturated rings. The standard InChI is InChI=1S/C21H24ClN3O3/c1-16(23-24-20(26)15-28-19-10-6-5-9-18(19)22)21(17-7-3-2-4-8-17)25-11-13-27-14-12-25/h2-10,21H,11-15H2,1H3,(H,24,26)/p+1/b23-16-/t21-/m1/s1. The lowest BCUT2D eigenvalue weighted by molar-refractivity contribution is -0.928. The first kappa shape index (κ1) is 20.3. The number of nitrogens with zero attached hydrogens (tertiary/aromatic N) is 1.